The molecule has 1 unspecified atom stereocenters. The van der Waals surface area contributed by atoms with Crippen LogP contribution in [0.2, 0.25) is 0 Å². The first-order valence-electron chi connectivity index (χ1n) is 5.28. The molecule has 0 rings (SSSR count). The number of alkyl halides is 5. The molecule has 0 aliphatic heterocycles. The van der Waals surface area contributed by atoms with Gasteiger partial charge in [0.05, 0.1) is 0 Å². The molecule has 0 heterocycles. The van der Waals surface area contributed by atoms with Gasteiger partial charge in [-0.1, -0.05) is 13.8 Å². The van der Waals surface area contributed by atoms with Crippen LogP contribution in [0.4, 0.5) is 22.0 Å². The van der Waals surface area contributed by atoms with E-state index in [9.17, 15) is 26.7 Å². The fourth-order valence-electron chi connectivity index (χ4n) is 1.20. The molecule has 0 fully saturated rings. The van der Waals surface area contributed by atoms with Gasteiger partial charge >= 0.3 is 18.1 Å². The minimum absolute atomic E-state index is 0.0409. The van der Waals surface area contributed by atoms with E-state index in [-0.39, 0.29) is 18.1 Å². The SMILES string of the molecule is CC(C)C(SCCCC(F)(F)C(F)(F)F)C(=O)O. The van der Waals surface area contributed by atoms with Crippen molar-refractivity contribution in [2.75, 3.05) is 5.75 Å². The quantitative estimate of drug-likeness (QED) is 0.573. The van der Waals surface area contributed by atoms with Crippen LogP contribution in [0.1, 0.15) is 26.7 Å². The molecule has 1 N–H and O–H groups in total. The van der Waals surface area contributed by atoms with Crippen LogP contribution < -0.4 is 0 Å². The first-order chi connectivity index (χ1) is 7.99. The average Bonchev–Trinajstić information content (AvgIpc) is 2.13. The van der Waals surface area contributed by atoms with Crippen molar-refractivity contribution >= 4 is 17.7 Å². The van der Waals surface area contributed by atoms with Crippen molar-refractivity contribution in [1.29, 1.82) is 0 Å². The highest BCUT2D eigenvalue weighted by Gasteiger charge is 2.56. The first kappa shape index (κ1) is 17.5. The molecule has 0 aliphatic rings. The Hall–Kier alpha value is -0.530. The third-order valence-corrected chi connectivity index (χ3v) is 3.83. The van der Waals surface area contributed by atoms with Crippen molar-refractivity contribution in [3.63, 3.8) is 0 Å². The molecule has 0 aromatic rings. The number of carboxylic acids is 1. The van der Waals surface area contributed by atoms with Crippen molar-refractivity contribution in [1.82, 2.24) is 0 Å². The summed E-state index contributed by atoms with van der Waals surface area (Å²) in [5, 5.41) is 8.00. The molecule has 0 bridgehead atoms. The van der Waals surface area contributed by atoms with Gasteiger partial charge in [0.1, 0.15) is 5.25 Å². The smallest absolute Gasteiger partial charge is 0.453 e. The summed E-state index contributed by atoms with van der Waals surface area (Å²) in [5.41, 5.74) is 0. The van der Waals surface area contributed by atoms with E-state index in [2.05, 4.69) is 0 Å². The summed E-state index contributed by atoms with van der Waals surface area (Å²) in [6, 6.07) is 0. The van der Waals surface area contributed by atoms with Crippen LogP contribution in [0.25, 0.3) is 0 Å². The van der Waals surface area contributed by atoms with Crippen LogP contribution >= 0.6 is 11.8 Å². The van der Waals surface area contributed by atoms with Gasteiger partial charge in [-0.25, -0.2) is 0 Å². The van der Waals surface area contributed by atoms with Crippen LogP contribution in [-0.2, 0) is 4.79 Å². The summed E-state index contributed by atoms with van der Waals surface area (Å²) < 4.78 is 60.5. The topological polar surface area (TPSA) is 37.3 Å². The lowest BCUT2D eigenvalue weighted by molar-refractivity contribution is -0.284. The molecule has 18 heavy (non-hydrogen) atoms. The van der Waals surface area contributed by atoms with E-state index in [0.29, 0.717) is 0 Å². The molecule has 108 valence electrons. The lowest BCUT2D eigenvalue weighted by Gasteiger charge is -2.20. The van der Waals surface area contributed by atoms with E-state index in [1.54, 1.807) is 13.8 Å². The number of carbonyl (C=O) groups is 1. The molecule has 8 heteroatoms. The molecule has 0 aliphatic carbocycles. The maximum absolute atomic E-state index is 12.5. The van der Waals surface area contributed by atoms with E-state index in [1.807, 2.05) is 0 Å². The molecule has 0 spiro atoms. The normalized spacial score (nSPS) is 14.9. The Morgan fingerprint density at radius 2 is 1.72 bits per heavy atom. The maximum Gasteiger partial charge on any atom is 0.453 e. The summed E-state index contributed by atoms with van der Waals surface area (Å²) in [6.45, 7) is 3.30. The fourth-order valence-corrected chi connectivity index (χ4v) is 2.29. The van der Waals surface area contributed by atoms with E-state index in [4.69, 9.17) is 5.11 Å². The second-order valence-corrected chi connectivity index (χ2v) is 5.43. The molecule has 0 saturated heterocycles. The predicted octanol–water partition coefficient (Wildman–Crippen LogP) is 3.81. The zero-order valence-corrected chi connectivity index (χ0v) is 10.7. The Morgan fingerprint density at radius 1 is 1.22 bits per heavy atom. The third kappa shape index (κ3) is 5.41. The van der Waals surface area contributed by atoms with Crippen LogP contribution in [0, 0.1) is 5.92 Å². The lowest BCUT2D eigenvalue weighted by Crippen LogP contribution is -2.36. The van der Waals surface area contributed by atoms with Crippen molar-refractivity contribution in [2.45, 2.75) is 44.0 Å². The fraction of sp³-hybridized carbons (Fsp3) is 0.900. The first-order valence-corrected chi connectivity index (χ1v) is 6.33. The predicted molar refractivity (Wildman–Crippen MR) is 59.0 cm³/mol. The largest absolute Gasteiger partial charge is 0.480 e. The highest BCUT2D eigenvalue weighted by Crippen LogP contribution is 2.39. The van der Waals surface area contributed by atoms with Gasteiger partial charge in [-0.2, -0.15) is 22.0 Å². The zero-order valence-electron chi connectivity index (χ0n) is 9.93. The van der Waals surface area contributed by atoms with Crippen molar-refractivity contribution < 1.29 is 31.9 Å². The zero-order chi connectivity index (χ0) is 14.6. The van der Waals surface area contributed by atoms with E-state index < -0.39 is 29.7 Å². The van der Waals surface area contributed by atoms with Gasteiger partial charge in [0, 0.05) is 6.42 Å². The number of hydrogen-bond acceptors (Lipinski definition) is 2. The van der Waals surface area contributed by atoms with Crippen LogP contribution in [0.3, 0.4) is 0 Å². The molecule has 0 aromatic carbocycles. The van der Waals surface area contributed by atoms with E-state index in [1.165, 1.54) is 0 Å². The minimum atomic E-state index is -5.54. The summed E-state index contributed by atoms with van der Waals surface area (Å²) in [5.74, 6) is -6.04. The van der Waals surface area contributed by atoms with Crippen molar-refractivity contribution in [3.8, 4) is 0 Å². The van der Waals surface area contributed by atoms with Gasteiger partial charge in [0.25, 0.3) is 0 Å². The summed E-state index contributed by atoms with van der Waals surface area (Å²) in [4.78, 5) is 10.7. The van der Waals surface area contributed by atoms with Crippen LogP contribution in [0.15, 0.2) is 0 Å². The second kappa shape index (κ2) is 6.58. The number of rotatable bonds is 7. The minimum Gasteiger partial charge on any atom is -0.480 e. The summed E-state index contributed by atoms with van der Waals surface area (Å²) >= 11 is 0.889. The van der Waals surface area contributed by atoms with Crippen molar-refractivity contribution in [2.24, 2.45) is 5.92 Å². The molecule has 0 amide bonds. The molecule has 2 nitrogen and oxygen atoms in total. The monoisotopic (exact) mass is 294 g/mol. The average molecular weight is 294 g/mol. The molecular formula is C10H15F5O2S. The van der Waals surface area contributed by atoms with Gasteiger partial charge in [0.15, 0.2) is 0 Å². The molecule has 0 saturated carbocycles. The molecule has 1 atom stereocenters. The summed E-state index contributed by atoms with van der Waals surface area (Å²) in [6.07, 6.45) is -7.23. The Morgan fingerprint density at radius 3 is 2.06 bits per heavy atom. The number of thioether (sulfide) groups is 1. The van der Waals surface area contributed by atoms with Gasteiger partial charge in [-0.05, 0) is 18.1 Å². The molecule has 0 radical (unpaired) electrons. The van der Waals surface area contributed by atoms with Gasteiger partial charge in [-0.15, -0.1) is 11.8 Å². The molecule has 0 aromatic heterocycles. The summed E-state index contributed by atoms with van der Waals surface area (Å²) in [7, 11) is 0. The molecular weight excluding hydrogens is 279 g/mol. The highest BCUT2D eigenvalue weighted by molar-refractivity contribution is 8.00. The van der Waals surface area contributed by atoms with Crippen LogP contribution in [0.5, 0.6) is 0 Å². The number of hydrogen-bond donors (Lipinski definition) is 1. The Balaban J connectivity index is 4.10. The van der Waals surface area contributed by atoms with Crippen molar-refractivity contribution in [3.05, 3.63) is 0 Å². The lowest BCUT2D eigenvalue weighted by atomic mass is 10.1. The highest BCUT2D eigenvalue weighted by atomic mass is 32.2. The van der Waals surface area contributed by atoms with E-state index in [0.717, 1.165) is 11.8 Å². The van der Waals surface area contributed by atoms with Gasteiger partial charge in [-0.3, -0.25) is 4.79 Å². The Bertz CT molecular complexity index is 278. The van der Waals surface area contributed by atoms with E-state index >= 15 is 0 Å². The Labute approximate surface area is 106 Å². The number of aliphatic carboxylic acids is 1. The second-order valence-electron chi connectivity index (χ2n) is 4.18. The number of halogens is 5. The van der Waals surface area contributed by atoms with Gasteiger partial charge < -0.3 is 5.11 Å². The third-order valence-electron chi connectivity index (χ3n) is 2.20. The van der Waals surface area contributed by atoms with Gasteiger partial charge in [0.2, 0.25) is 0 Å². The van der Waals surface area contributed by atoms with Crippen LogP contribution in [-0.4, -0.2) is 34.2 Å². The maximum atomic E-state index is 12.5. The standard InChI is InChI=1S/C10H15F5O2S/c1-6(2)7(8(16)17)18-5-3-4-9(11,12)10(13,14)15/h6-7H,3-5H2,1-2H3,(H,16,17). The Kier molecular flexibility index (Phi) is 6.39. The number of carboxylic acid groups (broad SMARTS) is 1.